The summed E-state index contributed by atoms with van der Waals surface area (Å²) in [6.45, 7) is 2.13. The predicted octanol–water partition coefficient (Wildman–Crippen LogP) is 1.50. The van der Waals surface area contributed by atoms with Crippen molar-refractivity contribution in [2.75, 3.05) is 20.2 Å². The van der Waals surface area contributed by atoms with Crippen LogP contribution in [0.25, 0.3) is 0 Å². The number of aliphatic imine (C=N–C) groups is 1. The second-order valence-corrected chi connectivity index (χ2v) is 4.95. The Morgan fingerprint density at radius 3 is 3.00 bits per heavy atom. The van der Waals surface area contributed by atoms with E-state index < -0.39 is 11.8 Å². The third kappa shape index (κ3) is 2.19. The Kier molecular flexibility index (Phi) is 3.50. The number of anilines is 1. The molecule has 0 bridgehead atoms. The molecule has 7 heteroatoms. The Hall–Kier alpha value is -2.54. The maximum Gasteiger partial charge on any atom is 0.363 e. The zero-order valence-electron chi connectivity index (χ0n) is 12.2. The molecule has 22 heavy (non-hydrogen) atoms. The van der Waals surface area contributed by atoms with E-state index in [1.807, 2.05) is 0 Å². The van der Waals surface area contributed by atoms with Gasteiger partial charge in [0.2, 0.25) is 17.1 Å². The van der Waals surface area contributed by atoms with Crippen molar-refractivity contribution in [3.8, 4) is 0 Å². The Morgan fingerprint density at radius 2 is 2.27 bits per heavy atom. The summed E-state index contributed by atoms with van der Waals surface area (Å²) in [6.07, 6.45) is 1.45. The number of esters is 1. The summed E-state index contributed by atoms with van der Waals surface area (Å²) in [7, 11) is 1.59. The van der Waals surface area contributed by atoms with Crippen LogP contribution in [-0.4, -0.2) is 43.3 Å². The maximum absolute atomic E-state index is 13.5. The van der Waals surface area contributed by atoms with Crippen LogP contribution < -0.4 is 4.90 Å². The highest BCUT2D eigenvalue weighted by molar-refractivity contribution is 6.04. The van der Waals surface area contributed by atoms with Crippen LogP contribution in [0.5, 0.6) is 0 Å². The fourth-order valence-corrected chi connectivity index (χ4v) is 2.49. The molecule has 2 aliphatic heterocycles. The van der Waals surface area contributed by atoms with Crippen molar-refractivity contribution in [3.63, 3.8) is 0 Å². The lowest BCUT2D eigenvalue weighted by Crippen LogP contribution is -2.30. The van der Waals surface area contributed by atoms with Crippen LogP contribution in [-0.2, 0) is 9.53 Å². The number of benzene rings is 1. The molecule has 0 unspecified atom stereocenters. The van der Waals surface area contributed by atoms with E-state index in [0.29, 0.717) is 11.4 Å². The van der Waals surface area contributed by atoms with E-state index in [0.717, 1.165) is 0 Å². The zero-order valence-corrected chi connectivity index (χ0v) is 12.2. The number of amides is 1. The fourth-order valence-electron chi connectivity index (χ4n) is 2.49. The minimum Gasteiger partial charge on any atom is -0.461 e. The minimum absolute atomic E-state index is 0.165. The third-order valence-electron chi connectivity index (χ3n) is 3.52. The third-order valence-corrected chi connectivity index (χ3v) is 3.52. The van der Waals surface area contributed by atoms with Crippen molar-refractivity contribution in [1.29, 1.82) is 0 Å². The van der Waals surface area contributed by atoms with Gasteiger partial charge < -0.3 is 9.64 Å². The van der Waals surface area contributed by atoms with E-state index in [4.69, 9.17) is 4.74 Å². The first kappa shape index (κ1) is 14.4. The van der Waals surface area contributed by atoms with Crippen LogP contribution in [0, 0.1) is 5.82 Å². The molecule has 0 saturated heterocycles. The van der Waals surface area contributed by atoms with Crippen molar-refractivity contribution in [2.45, 2.75) is 6.92 Å². The molecule has 0 aromatic heterocycles. The Bertz CT molecular complexity index is 727. The van der Waals surface area contributed by atoms with E-state index in [1.54, 1.807) is 18.9 Å². The van der Waals surface area contributed by atoms with Crippen LogP contribution in [0.1, 0.15) is 17.3 Å². The molecule has 0 aliphatic carbocycles. The molecule has 0 atom stereocenters. The number of likely N-dealkylation sites (N-methyl/N-ethyl adjacent to an activating group) is 1. The molecule has 0 spiro atoms. The molecule has 1 aromatic rings. The van der Waals surface area contributed by atoms with Gasteiger partial charge in [0.15, 0.2) is 0 Å². The lowest BCUT2D eigenvalue weighted by Gasteiger charge is -2.12. The van der Waals surface area contributed by atoms with Gasteiger partial charge in [0.25, 0.3) is 12.2 Å². The maximum atomic E-state index is 13.5. The number of hydrogen-bond acceptors (Lipinski definition) is 5. The Morgan fingerprint density at radius 1 is 1.50 bits per heavy atom. The predicted molar refractivity (Wildman–Crippen MR) is 77.3 cm³/mol. The smallest absolute Gasteiger partial charge is 0.363 e. The molecule has 2 aliphatic rings. The van der Waals surface area contributed by atoms with Crippen LogP contribution in [0.4, 0.5) is 10.1 Å². The molecule has 1 amide bonds. The Labute approximate surface area is 126 Å². The van der Waals surface area contributed by atoms with Gasteiger partial charge >= 0.3 is 5.97 Å². The van der Waals surface area contributed by atoms with E-state index in [9.17, 15) is 14.0 Å². The summed E-state index contributed by atoms with van der Waals surface area (Å²) in [5.41, 5.74) is 1.43. The molecule has 2 heterocycles. The summed E-state index contributed by atoms with van der Waals surface area (Å²) in [5, 5.41) is 0. The average Bonchev–Trinajstić information content (AvgIpc) is 2.86. The number of rotatable bonds is 2. The van der Waals surface area contributed by atoms with Crippen LogP contribution >= 0.6 is 0 Å². The van der Waals surface area contributed by atoms with E-state index in [-0.39, 0.29) is 30.3 Å². The molecule has 1 aromatic carbocycles. The Balaban J connectivity index is 2.14. The highest BCUT2D eigenvalue weighted by Crippen LogP contribution is 2.32. The van der Waals surface area contributed by atoms with Gasteiger partial charge in [-0.15, -0.1) is 0 Å². The zero-order chi connectivity index (χ0) is 15.9. The van der Waals surface area contributed by atoms with Gasteiger partial charge in [-0.1, -0.05) is 0 Å². The summed E-state index contributed by atoms with van der Waals surface area (Å²) in [6, 6.07) is 3.96. The highest BCUT2D eigenvalue weighted by atomic mass is 19.1. The minimum atomic E-state index is -0.539. The van der Waals surface area contributed by atoms with Gasteiger partial charge in [-0.3, -0.25) is 4.79 Å². The van der Waals surface area contributed by atoms with Gasteiger partial charge in [0, 0.05) is 13.1 Å². The summed E-state index contributed by atoms with van der Waals surface area (Å²) < 4.78 is 18.5. The van der Waals surface area contributed by atoms with Crippen molar-refractivity contribution in [3.05, 3.63) is 41.0 Å². The molecule has 1 radical (unpaired) electrons. The molecular weight excluding hydrogens is 289 g/mol. The van der Waals surface area contributed by atoms with Gasteiger partial charge in [-0.2, -0.15) is 4.99 Å². The second kappa shape index (κ2) is 5.34. The van der Waals surface area contributed by atoms with Gasteiger partial charge in [-0.25, -0.2) is 9.18 Å². The first-order valence-corrected chi connectivity index (χ1v) is 6.81. The van der Waals surface area contributed by atoms with Crippen molar-refractivity contribution in [2.24, 2.45) is 4.99 Å². The number of halogens is 1. The van der Waals surface area contributed by atoms with E-state index in [1.165, 1.54) is 29.4 Å². The number of fused-ring (bicyclic) bond motifs is 3. The first-order chi connectivity index (χ1) is 10.5. The SMILES string of the molecule is CCOC(=O)C1=C2CN(C)C(=O)c3cc(F)ccc3[N+]2C=N1. The lowest BCUT2D eigenvalue weighted by molar-refractivity contribution is -0.138. The van der Waals surface area contributed by atoms with Crippen LogP contribution in [0.15, 0.2) is 34.6 Å². The number of hydrogen-bond donors (Lipinski definition) is 0. The topological polar surface area (TPSA) is 64.9 Å². The van der Waals surface area contributed by atoms with Gasteiger partial charge in [0.1, 0.15) is 17.9 Å². The van der Waals surface area contributed by atoms with Gasteiger partial charge in [-0.05, 0) is 24.0 Å². The van der Waals surface area contributed by atoms with Crippen LogP contribution in [0.2, 0.25) is 0 Å². The first-order valence-electron chi connectivity index (χ1n) is 6.81. The monoisotopic (exact) mass is 303 g/mol. The van der Waals surface area contributed by atoms with E-state index in [2.05, 4.69) is 4.99 Å². The van der Waals surface area contributed by atoms with Crippen molar-refractivity contribution < 1.29 is 18.7 Å². The number of carbonyl (C=O) groups is 2. The van der Waals surface area contributed by atoms with Crippen molar-refractivity contribution in [1.82, 2.24) is 9.80 Å². The number of ether oxygens (including phenoxy) is 1. The highest BCUT2D eigenvalue weighted by Gasteiger charge is 2.43. The molecule has 0 fully saturated rings. The van der Waals surface area contributed by atoms with Crippen LogP contribution in [0.3, 0.4) is 0 Å². The van der Waals surface area contributed by atoms with E-state index >= 15 is 0 Å². The molecule has 3 rings (SSSR count). The normalized spacial score (nSPS) is 17.4. The summed E-state index contributed by atoms with van der Waals surface area (Å²) in [4.78, 5) is 31.5. The quantitative estimate of drug-likeness (QED) is 0.614. The average molecular weight is 303 g/mol. The molecule has 0 N–H and O–H groups in total. The second-order valence-electron chi connectivity index (χ2n) is 4.95. The summed E-state index contributed by atoms with van der Waals surface area (Å²) >= 11 is 0. The standard InChI is InChI=1S/C15H14FN3O3/c1-3-22-15(21)13-12-7-18(2)14(20)10-6-9(16)4-5-11(10)19(12)8-17-13/h4-6,8H,3,7H2,1-2H3/q+1. The molecule has 113 valence electrons. The number of nitrogens with zero attached hydrogens (tertiary/aromatic N) is 3. The molecular formula is C15H14FN3O3+. The molecule has 6 nitrogen and oxygen atoms in total. The fraction of sp³-hybridized carbons (Fsp3) is 0.267. The summed E-state index contributed by atoms with van der Waals surface area (Å²) in [5.74, 6) is -1.34. The lowest BCUT2D eigenvalue weighted by atomic mass is 10.1. The largest absolute Gasteiger partial charge is 0.461 e. The van der Waals surface area contributed by atoms with Gasteiger partial charge in [0.05, 0.1) is 6.61 Å². The molecule has 0 saturated carbocycles. The number of carbonyl (C=O) groups excluding carboxylic acids is 2. The van der Waals surface area contributed by atoms with Crippen molar-refractivity contribution >= 4 is 23.9 Å².